The zero-order valence-corrected chi connectivity index (χ0v) is 20.6. The summed E-state index contributed by atoms with van der Waals surface area (Å²) < 4.78 is -0.473. The standard InChI is InChI=1S/C25H45NO6/c1-5-9-10-11-12-13-14-15-16-17-18-19-26(20(6-2)23(27)28,21(7-3)24(29)30)22(8-4)25(31)32/h10-11,20-22H,5-9,12-19H2,1-4H3,(H2-,27,28,29,30,31,32)/b11-10+. The Hall–Kier alpha value is -1.89. The van der Waals surface area contributed by atoms with E-state index in [0.29, 0.717) is 6.42 Å². The highest BCUT2D eigenvalue weighted by Crippen LogP contribution is 2.32. The average molecular weight is 456 g/mol. The highest BCUT2D eigenvalue weighted by atomic mass is 16.4. The Balaban J connectivity index is 5.34. The molecule has 0 saturated carbocycles. The zero-order chi connectivity index (χ0) is 24.6. The van der Waals surface area contributed by atoms with Gasteiger partial charge in [-0.25, -0.2) is 9.59 Å². The van der Waals surface area contributed by atoms with Gasteiger partial charge in [0.15, 0.2) is 12.1 Å². The van der Waals surface area contributed by atoms with Crippen LogP contribution in [0.15, 0.2) is 12.2 Å². The minimum absolute atomic E-state index is 0.126. The summed E-state index contributed by atoms with van der Waals surface area (Å²) in [5.74, 6) is -3.67. The summed E-state index contributed by atoms with van der Waals surface area (Å²) in [5.41, 5.74) is 0. The van der Waals surface area contributed by atoms with Crippen molar-refractivity contribution in [3.63, 3.8) is 0 Å². The summed E-state index contributed by atoms with van der Waals surface area (Å²) in [7, 11) is 0. The fourth-order valence-electron chi connectivity index (χ4n) is 5.02. The van der Waals surface area contributed by atoms with Gasteiger partial charge in [0.1, 0.15) is 6.04 Å². The third kappa shape index (κ3) is 8.93. The Bertz CT molecular complexity index is 534. The predicted octanol–water partition coefficient (Wildman–Crippen LogP) is 4.15. The number of hydrogen-bond acceptors (Lipinski definition) is 4. The number of carboxylic acid groups (broad SMARTS) is 3. The zero-order valence-electron chi connectivity index (χ0n) is 20.6. The fourth-order valence-corrected chi connectivity index (χ4v) is 5.02. The normalized spacial score (nSPS) is 16.4. The van der Waals surface area contributed by atoms with E-state index in [0.717, 1.165) is 51.4 Å². The molecule has 0 spiro atoms. The topological polar surface area (TPSA) is 115 Å². The number of nitrogens with zero attached hydrogens (tertiary/aromatic N) is 1. The van der Waals surface area contributed by atoms with E-state index in [4.69, 9.17) is 0 Å². The number of hydrogen-bond donors (Lipinski definition) is 2. The maximum absolute atomic E-state index is 12.1. The summed E-state index contributed by atoms with van der Waals surface area (Å²) in [6, 6.07) is -3.38. The Labute approximate surface area is 194 Å². The molecule has 2 N–H and O–H groups in total. The highest BCUT2D eigenvalue weighted by Gasteiger charge is 2.53. The third-order valence-corrected chi connectivity index (χ3v) is 6.53. The molecule has 0 radical (unpaired) electrons. The van der Waals surface area contributed by atoms with Crippen LogP contribution in [0.4, 0.5) is 0 Å². The van der Waals surface area contributed by atoms with E-state index in [1.807, 2.05) is 0 Å². The number of carbonyl (C=O) groups is 3. The van der Waals surface area contributed by atoms with E-state index in [1.165, 1.54) is 0 Å². The van der Waals surface area contributed by atoms with Gasteiger partial charge in [-0.15, -0.1) is 0 Å². The molecule has 0 aliphatic heterocycles. The molecule has 0 aromatic rings. The molecule has 3 atom stereocenters. The summed E-state index contributed by atoms with van der Waals surface area (Å²) in [6.45, 7) is 7.38. The first-order valence-electron chi connectivity index (χ1n) is 12.4. The van der Waals surface area contributed by atoms with Crippen molar-refractivity contribution in [2.24, 2.45) is 0 Å². The number of aliphatic carboxylic acids is 3. The van der Waals surface area contributed by atoms with Gasteiger partial charge in [0.2, 0.25) is 0 Å². The molecule has 0 rings (SSSR count). The number of allylic oxidation sites excluding steroid dienone is 2. The Morgan fingerprint density at radius 3 is 1.56 bits per heavy atom. The van der Waals surface area contributed by atoms with Gasteiger partial charge in [0, 0.05) is 19.3 Å². The second-order valence-electron chi connectivity index (χ2n) is 8.66. The van der Waals surface area contributed by atoms with Crippen molar-refractivity contribution in [3.8, 4) is 0 Å². The molecule has 186 valence electrons. The van der Waals surface area contributed by atoms with Gasteiger partial charge in [0.05, 0.1) is 12.5 Å². The van der Waals surface area contributed by atoms with E-state index in [9.17, 15) is 29.7 Å². The van der Waals surface area contributed by atoms with E-state index in [1.54, 1.807) is 20.8 Å². The maximum Gasteiger partial charge on any atom is 0.362 e. The van der Waals surface area contributed by atoms with Gasteiger partial charge >= 0.3 is 11.9 Å². The van der Waals surface area contributed by atoms with Crippen molar-refractivity contribution in [1.29, 1.82) is 0 Å². The van der Waals surface area contributed by atoms with Crippen LogP contribution in [0.3, 0.4) is 0 Å². The van der Waals surface area contributed by atoms with Crippen LogP contribution in [0.2, 0.25) is 0 Å². The molecule has 0 aromatic carbocycles. The van der Waals surface area contributed by atoms with Crippen LogP contribution in [0, 0.1) is 0 Å². The molecule has 3 unspecified atom stereocenters. The van der Waals surface area contributed by atoms with Crippen molar-refractivity contribution in [1.82, 2.24) is 0 Å². The molecule has 32 heavy (non-hydrogen) atoms. The largest absolute Gasteiger partial charge is 0.544 e. The van der Waals surface area contributed by atoms with Gasteiger partial charge in [-0.05, 0) is 32.1 Å². The lowest BCUT2D eigenvalue weighted by atomic mass is 9.93. The van der Waals surface area contributed by atoms with Gasteiger partial charge in [-0.1, -0.05) is 65.5 Å². The molecule has 0 saturated heterocycles. The molecule has 0 fully saturated rings. The molecule has 0 bridgehead atoms. The number of carboxylic acids is 3. The Morgan fingerprint density at radius 2 is 1.16 bits per heavy atom. The predicted molar refractivity (Wildman–Crippen MR) is 124 cm³/mol. The highest BCUT2D eigenvalue weighted by molar-refractivity contribution is 5.77. The van der Waals surface area contributed by atoms with Crippen molar-refractivity contribution in [3.05, 3.63) is 12.2 Å². The van der Waals surface area contributed by atoms with Gasteiger partial charge in [-0.3, -0.25) is 4.48 Å². The van der Waals surface area contributed by atoms with Crippen LogP contribution in [-0.4, -0.2) is 57.3 Å². The molecule has 0 aromatic heterocycles. The van der Waals surface area contributed by atoms with E-state index >= 15 is 0 Å². The molecule has 0 aliphatic carbocycles. The van der Waals surface area contributed by atoms with Crippen LogP contribution in [0.25, 0.3) is 0 Å². The number of quaternary nitrogens is 1. The van der Waals surface area contributed by atoms with E-state index in [2.05, 4.69) is 19.1 Å². The van der Waals surface area contributed by atoms with Crippen LogP contribution in [-0.2, 0) is 14.4 Å². The minimum Gasteiger partial charge on any atom is -0.544 e. The lowest BCUT2D eigenvalue weighted by Crippen LogP contribution is -2.73. The minimum atomic E-state index is -1.37. The lowest BCUT2D eigenvalue weighted by Gasteiger charge is -2.51. The van der Waals surface area contributed by atoms with Crippen molar-refractivity contribution >= 4 is 17.9 Å². The Morgan fingerprint density at radius 1 is 0.719 bits per heavy atom. The number of unbranched alkanes of at least 4 members (excludes halogenated alkanes) is 7. The second kappa shape index (κ2) is 16.7. The first-order chi connectivity index (χ1) is 15.2. The van der Waals surface area contributed by atoms with Crippen LogP contribution >= 0.6 is 0 Å². The maximum atomic E-state index is 12.1. The first kappa shape index (κ1) is 30.1. The van der Waals surface area contributed by atoms with Gasteiger partial charge in [0.25, 0.3) is 0 Å². The molecule has 7 nitrogen and oxygen atoms in total. The second-order valence-corrected chi connectivity index (χ2v) is 8.66. The molecule has 7 heteroatoms. The van der Waals surface area contributed by atoms with Crippen LogP contribution < -0.4 is 5.11 Å². The van der Waals surface area contributed by atoms with Crippen LogP contribution in [0.1, 0.15) is 105 Å². The molecular weight excluding hydrogens is 410 g/mol. The first-order valence-corrected chi connectivity index (χ1v) is 12.4. The molecular formula is C25H45NO6. The summed E-state index contributed by atoms with van der Waals surface area (Å²) in [4.78, 5) is 36.3. The molecule has 0 aliphatic rings. The molecule has 0 heterocycles. The number of carbonyl (C=O) groups excluding carboxylic acids is 1. The van der Waals surface area contributed by atoms with Gasteiger partial charge in [-0.2, -0.15) is 0 Å². The van der Waals surface area contributed by atoms with Crippen molar-refractivity contribution < 1.29 is 34.2 Å². The SMILES string of the molecule is CCC/C=C/CCCCCCCC[N+](C(CC)C(=O)[O-])(C(CC)C(=O)O)C(CC)C(=O)O. The summed E-state index contributed by atoms with van der Waals surface area (Å²) in [5, 5.41) is 31.9. The van der Waals surface area contributed by atoms with Crippen LogP contribution in [0.5, 0.6) is 0 Å². The monoisotopic (exact) mass is 455 g/mol. The van der Waals surface area contributed by atoms with Gasteiger partial charge < -0.3 is 20.1 Å². The Kier molecular flexibility index (Phi) is 15.7. The quantitative estimate of drug-likeness (QED) is 0.162. The smallest absolute Gasteiger partial charge is 0.362 e. The molecule has 0 amide bonds. The lowest BCUT2D eigenvalue weighted by molar-refractivity contribution is -0.974. The summed E-state index contributed by atoms with van der Waals surface area (Å²) in [6.07, 6.45) is 14.0. The van der Waals surface area contributed by atoms with Crippen molar-refractivity contribution in [2.75, 3.05) is 6.54 Å². The van der Waals surface area contributed by atoms with E-state index < -0.39 is 40.5 Å². The average Bonchev–Trinajstić information content (AvgIpc) is 2.72. The number of rotatable bonds is 20. The third-order valence-electron chi connectivity index (χ3n) is 6.53. The van der Waals surface area contributed by atoms with Crippen molar-refractivity contribution in [2.45, 2.75) is 123 Å². The fraction of sp³-hybridized carbons (Fsp3) is 0.800. The van der Waals surface area contributed by atoms with E-state index in [-0.39, 0.29) is 25.8 Å². The summed E-state index contributed by atoms with van der Waals surface area (Å²) >= 11 is 0.